The van der Waals surface area contributed by atoms with Gasteiger partial charge < -0.3 is 10.1 Å². The number of hydrogen-bond acceptors (Lipinski definition) is 2. The summed E-state index contributed by atoms with van der Waals surface area (Å²) >= 11 is 0. The fourth-order valence-corrected chi connectivity index (χ4v) is 3.00. The third kappa shape index (κ3) is 5.53. The van der Waals surface area contributed by atoms with Crippen molar-refractivity contribution in [3.8, 4) is 0 Å². The van der Waals surface area contributed by atoms with Crippen molar-refractivity contribution in [2.24, 2.45) is 11.3 Å². The fraction of sp³-hybridized carbons (Fsp3) is 0.875. The van der Waals surface area contributed by atoms with Crippen molar-refractivity contribution >= 4 is 0 Å². The minimum Gasteiger partial charge on any atom is -0.380 e. The average Bonchev–Trinajstić information content (AvgIpc) is 2.33. The Morgan fingerprint density at radius 1 is 1.22 bits per heavy atom. The summed E-state index contributed by atoms with van der Waals surface area (Å²) in [4.78, 5) is 0. The summed E-state index contributed by atoms with van der Waals surface area (Å²) in [5.41, 5.74) is 0.418. The van der Waals surface area contributed by atoms with Gasteiger partial charge in [0.15, 0.2) is 0 Å². The van der Waals surface area contributed by atoms with E-state index in [0.29, 0.717) is 11.5 Å². The molecule has 2 atom stereocenters. The van der Waals surface area contributed by atoms with E-state index in [1.807, 2.05) is 6.08 Å². The number of nitrogens with one attached hydrogen (secondary N) is 1. The molecule has 2 unspecified atom stereocenters. The Morgan fingerprint density at radius 2 is 1.94 bits per heavy atom. The second-order valence-electron chi connectivity index (χ2n) is 6.51. The summed E-state index contributed by atoms with van der Waals surface area (Å²) in [6, 6.07) is 0.682. The first-order valence-corrected chi connectivity index (χ1v) is 7.47. The molecule has 1 saturated carbocycles. The molecule has 2 nitrogen and oxygen atoms in total. The standard InChI is InChI=1S/C16H31NO/c1-5-6-12-18-13-11-17-15-10-8-7-9-14(15)16(2,3)4/h5,14-15,17H,1,6-13H2,2-4H3. The van der Waals surface area contributed by atoms with Crippen molar-refractivity contribution in [1.82, 2.24) is 5.32 Å². The molecule has 1 aliphatic carbocycles. The van der Waals surface area contributed by atoms with Gasteiger partial charge in [0.25, 0.3) is 0 Å². The van der Waals surface area contributed by atoms with E-state index >= 15 is 0 Å². The molecule has 0 aliphatic heterocycles. The van der Waals surface area contributed by atoms with Crippen LogP contribution >= 0.6 is 0 Å². The molecule has 0 spiro atoms. The zero-order valence-electron chi connectivity index (χ0n) is 12.5. The van der Waals surface area contributed by atoms with E-state index < -0.39 is 0 Å². The van der Waals surface area contributed by atoms with Gasteiger partial charge in [-0.05, 0) is 30.6 Å². The van der Waals surface area contributed by atoms with E-state index in [2.05, 4.69) is 32.7 Å². The van der Waals surface area contributed by atoms with Gasteiger partial charge in [-0.15, -0.1) is 6.58 Å². The van der Waals surface area contributed by atoms with E-state index in [9.17, 15) is 0 Å². The van der Waals surface area contributed by atoms with Crippen LogP contribution in [0.3, 0.4) is 0 Å². The number of rotatable bonds is 7. The topological polar surface area (TPSA) is 21.3 Å². The molecule has 1 aliphatic rings. The molecule has 0 aromatic rings. The first-order chi connectivity index (χ1) is 8.55. The summed E-state index contributed by atoms with van der Waals surface area (Å²) in [6.07, 6.45) is 8.34. The summed E-state index contributed by atoms with van der Waals surface area (Å²) in [5, 5.41) is 3.70. The van der Waals surface area contributed by atoms with Crippen molar-refractivity contribution in [3.63, 3.8) is 0 Å². The van der Waals surface area contributed by atoms with Gasteiger partial charge in [0.2, 0.25) is 0 Å². The average molecular weight is 253 g/mol. The molecule has 1 fully saturated rings. The first-order valence-electron chi connectivity index (χ1n) is 7.47. The second kappa shape index (κ2) is 7.96. The van der Waals surface area contributed by atoms with Crippen LogP contribution in [0.25, 0.3) is 0 Å². The van der Waals surface area contributed by atoms with Crippen LogP contribution in [0, 0.1) is 11.3 Å². The quantitative estimate of drug-likeness (QED) is 0.551. The van der Waals surface area contributed by atoms with Crippen LogP contribution in [-0.4, -0.2) is 25.8 Å². The highest BCUT2D eigenvalue weighted by atomic mass is 16.5. The lowest BCUT2D eigenvalue weighted by Crippen LogP contribution is -2.45. The van der Waals surface area contributed by atoms with Crippen LogP contribution < -0.4 is 5.32 Å². The molecule has 0 radical (unpaired) electrons. The summed E-state index contributed by atoms with van der Waals surface area (Å²) in [6.45, 7) is 13.4. The molecule has 106 valence electrons. The maximum atomic E-state index is 5.55. The normalized spacial score (nSPS) is 25.1. The predicted octanol–water partition coefficient (Wildman–Crippen LogP) is 3.77. The minimum absolute atomic E-state index is 0.418. The van der Waals surface area contributed by atoms with Crippen molar-refractivity contribution in [2.75, 3.05) is 19.8 Å². The Labute approximate surface area is 113 Å². The van der Waals surface area contributed by atoms with E-state index in [1.165, 1.54) is 25.7 Å². The Morgan fingerprint density at radius 3 is 2.61 bits per heavy atom. The van der Waals surface area contributed by atoms with Gasteiger partial charge in [-0.1, -0.05) is 39.7 Å². The van der Waals surface area contributed by atoms with Crippen LogP contribution in [0.1, 0.15) is 52.9 Å². The third-order valence-electron chi connectivity index (χ3n) is 4.00. The third-order valence-corrected chi connectivity index (χ3v) is 4.00. The van der Waals surface area contributed by atoms with Crippen molar-refractivity contribution < 1.29 is 4.74 Å². The molecule has 0 aromatic heterocycles. The Hall–Kier alpha value is -0.340. The van der Waals surface area contributed by atoms with Crippen LogP contribution in [0.15, 0.2) is 12.7 Å². The largest absolute Gasteiger partial charge is 0.380 e. The van der Waals surface area contributed by atoms with Crippen LogP contribution in [0.5, 0.6) is 0 Å². The zero-order valence-corrected chi connectivity index (χ0v) is 12.5. The Balaban J connectivity index is 2.23. The number of hydrogen-bond donors (Lipinski definition) is 1. The fourth-order valence-electron chi connectivity index (χ4n) is 3.00. The first kappa shape index (κ1) is 15.7. The van der Waals surface area contributed by atoms with Gasteiger partial charge in [-0.2, -0.15) is 0 Å². The highest BCUT2D eigenvalue weighted by Gasteiger charge is 2.33. The molecular formula is C16H31NO. The van der Waals surface area contributed by atoms with Gasteiger partial charge in [0.05, 0.1) is 13.2 Å². The van der Waals surface area contributed by atoms with Crippen molar-refractivity contribution in [3.05, 3.63) is 12.7 Å². The van der Waals surface area contributed by atoms with Crippen LogP contribution in [-0.2, 0) is 4.74 Å². The van der Waals surface area contributed by atoms with Crippen molar-refractivity contribution in [1.29, 1.82) is 0 Å². The molecule has 0 amide bonds. The highest BCUT2D eigenvalue weighted by molar-refractivity contribution is 4.88. The molecule has 0 heterocycles. The summed E-state index contributed by atoms with van der Waals surface area (Å²) in [7, 11) is 0. The molecule has 1 rings (SSSR count). The Kier molecular flexibility index (Phi) is 6.95. The van der Waals surface area contributed by atoms with Gasteiger partial charge in [-0.3, -0.25) is 0 Å². The van der Waals surface area contributed by atoms with Crippen LogP contribution in [0.2, 0.25) is 0 Å². The lowest BCUT2D eigenvalue weighted by molar-refractivity contribution is 0.107. The summed E-state index contributed by atoms with van der Waals surface area (Å²) < 4.78 is 5.55. The lowest BCUT2D eigenvalue weighted by atomic mass is 9.69. The van der Waals surface area contributed by atoms with E-state index in [-0.39, 0.29) is 0 Å². The zero-order chi connectivity index (χ0) is 13.4. The lowest BCUT2D eigenvalue weighted by Gasteiger charge is -2.41. The molecule has 2 heteroatoms. The summed E-state index contributed by atoms with van der Waals surface area (Å²) in [5.74, 6) is 0.805. The maximum Gasteiger partial charge on any atom is 0.0591 e. The van der Waals surface area contributed by atoms with Crippen molar-refractivity contribution in [2.45, 2.75) is 58.9 Å². The second-order valence-corrected chi connectivity index (χ2v) is 6.51. The number of ether oxygens (including phenoxy) is 1. The SMILES string of the molecule is C=CCCOCCNC1CCCCC1C(C)(C)C. The van der Waals surface area contributed by atoms with Gasteiger partial charge in [0.1, 0.15) is 0 Å². The molecule has 0 saturated heterocycles. The Bertz CT molecular complexity index is 232. The highest BCUT2D eigenvalue weighted by Crippen LogP contribution is 2.37. The van der Waals surface area contributed by atoms with Gasteiger partial charge >= 0.3 is 0 Å². The van der Waals surface area contributed by atoms with E-state index in [1.54, 1.807) is 0 Å². The predicted molar refractivity (Wildman–Crippen MR) is 78.8 cm³/mol. The monoisotopic (exact) mass is 253 g/mol. The molecule has 0 aromatic carbocycles. The maximum absolute atomic E-state index is 5.55. The van der Waals surface area contributed by atoms with Gasteiger partial charge in [0, 0.05) is 12.6 Å². The van der Waals surface area contributed by atoms with Gasteiger partial charge in [-0.25, -0.2) is 0 Å². The van der Waals surface area contributed by atoms with Crippen LogP contribution in [0.4, 0.5) is 0 Å². The van der Waals surface area contributed by atoms with E-state index in [0.717, 1.165) is 32.1 Å². The van der Waals surface area contributed by atoms with E-state index in [4.69, 9.17) is 4.74 Å². The molecule has 1 N–H and O–H groups in total. The molecular weight excluding hydrogens is 222 g/mol. The molecule has 18 heavy (non-hydrogen) atoms. The smallest absolute Gasteiger partial charge is 0.0591 e. The molecule has 0 bridgehead atoms. The minimum atomic E-state index is 0.418.